The number of hydrogen-bond donors (Lipinski definition) is 1. The third-order valence-corrected chi connectivity index (χ3v) is 6.15. The summed E-state index contributed by atoms with van der Waals surface area (Å²) in [4.78, 5) is 29.6. The summed E-state index contributed by atoms with van der Waals surface area (Å²) in [5, 5.41) is 3.19. The molecule has 5 nitrogen and oxygen atoms in total. The van der Waals surface area contributed by atoms with Gasteiger partial charge in [0.25, 0.3) is 5.91 Å². The Morgan fingerprint density at radius 2 is 1.86 bits per heavy atom. The van der Waals surface area contributed by atoms with Crippen LogP contribution in [-0.4, -0.2) is 53.8 Å². The first-order valence-electron chi connectivity index (χ1n) is 9.98. The maximum atomic E-state index is 13.8. The molecule has 2 amide bonds. The molecule has 0 radical (unpaired) electrons. The molecule has 29 heavy (non-hydrogen) atoms. The summed E-state index contributed by atoms with van der Waals surface area (Å²) in [6.45, 7) is 3.50. The minimum absolute atomic E-state index is 0.0857. The molecule has 0 aromatic heterocycles. The van der Waals surface area contributed by atoms with Crippen LogP contribution in [0.25, 0.3) is 0 Å². The second kappa shape index (κ2) is 7.59. The van der Waals surface area contributed by atoms with E-state index in [9.17, 15) is 14.0 Å². The van der Waals surface area contributed by atoms with Crippen LogP contribution in [0.2, 0.25) is 0 Å². The maximum absolute atomic E-state index is 13.8. The van der Waals surface area contributed by atoms with Crippen LogP contribution >= 0.6 is 0 Å². The van der Waals surface area contributed by atoms with Crippen LogP contribution in [0.5, 0.6) is 0 Å². The topological polar surface area (TPSA) is 52.7 Å². The third kappa shape index (κ3) is 3.65. The Labute approximate surface area is 170 Å². The molecule has 4 rings (SSSR count). The molecule has 2 aromatic rings. The quantitative estimate of drug-likeness (QED) is 0.870. The predicted octanol–water partition coefficient (Wildman–Crippen LogP) is 2.85. The van der Waals surface area contributed by atoms with Crippen molar-refractivity contribution in [2.24, 2.45) is 5.92 Å². The average molecular weight is 395 g/mol. The first-order valence-corrected chi connectivity index (χ1v) is 9.98. The van der Waals surface area contributed by atoms with Crippen molar-refractivity contribution in [2.45, 2.75) is 24.9 Å². The zero-order valence-corrected chi connectivity index (χ0v) is 16.8. The van der Waals surface area contributed by atoms with Gasteiger partial charge in [-0.3, -0.25) is 9.59 Å². The number of nitrogens with one attached hydrogen (secondary N) is 1. The second-order valence-electron chi connectivity index (χ2n) is 8.27. The fourth-order valence-electron chi connectivity index (χ4n) is 5.13. The molecule has 0 spiro atoms. The number of nitrogens with zero attached hydrogens (tertiary/aromatic N) is 2. The fourth-order valence-corrected chi connectivity index (χ4v) is 5.13. The number of hydrogen-bond acceptors (Lipinski definition) is 3. The molecule has 6 heteroatoms. The lowest BCUT2D eigenvalue weighted by molar-refractivity contribution is -0.122. The van der Waals surface area contributed by atoms with Crippen molar-refractivity contribution < 1.29 is 14.0 Å². The summed E-state index contributed by atoms with van der Waals surface area (Å²) in [6.07, 6.45) is 0.864. The van der Waals surface area contributed by atoms with Crippen molar-refractivity contribution in [3.05, 3.63) is 71.5 Å². The van der Waals surface area contributed by atoms with E-state index in [0.29, 0.717) is 18.7 Å². The van der Waals surface area contributed by atoms with E-state index in [1.54, 1.807) is 12.1 Å². The van der Waals surface area contributed by atoms with E-state index in [1.165, 1.54) is 19.1 Å². The molecule has 152 valence electrons. The van der Waals surface area contributed by atoms with Gasteiger partial charge in [0.2, 0.25) is 5.91 Å². The number of rotatable bonds is 3. The monoisotopic (exact) mass is 395 g/mol. The highest BCUT2D eigenvalue weighted by molar-refractivity contribution is 5.95. The van der Waals surface area contributed by atoms with Crippen molar-refractivity contribution in [3.63, 3.8) is 0 Å². The minimum atomic E-state index is -0.525. The van der Waals surface area contributed by atoms with Gasteiger partial charge in [0.1, 0.15) is 5.82 Å². The second-order valence-corrected chi connectivity index (χ2v) is 8.27. The van der Waals surface area contributed by atoms with Gasteiger partial charge in [-0.15, -0.1) is 0 Å². The summed E-state index contributed by atoms with van der Waals surface area (Å²) in [6, 6.07) is 15.6. The van der Waals surface area contributed by atoms with Crippen LogP contribution in [0.1, 0.15) is 35.3 Å². The zero-order chi connectivity index (χ0) is 20.6. The molecular weight excluding hydrogens is 369 g/mol. The average Bonchev–Trinajstić information content (AvgIpc) is 3.01. The van der Waals surface area contributed by atoms with E-state index in [-0.39, 0.29) is 23.8 Å². The van der Waals surface area contributed by atoms with Crippen LogP contribution in [0.15, 0.2) is 54.6 Å². The number of carbonyl (C=O) groups excluding carboxylic acids is 2. The Bertz CT molecular complexity index is 919. The zero-order valence-electron chi connectivity index (χ0n) is 16.8. The van der Waals surface area contributed by atoms with Crippen LogP contribution < -0.4 is 5.32 Å². The number of fused-ring (bicyclic) bond motifs is 1. The van der Waals surface area contributed by atoms with E-state index >= 15 is 0 Å². The standard InChI is InChI=1S/C23H26FN3O2/c1-16(28)25-23-14-26(2)12-11-20(23)21(17-7-4-3-5-8-17)27(15-23)22(29)18-9-6-10-19(24)13-18/h3-10,13,20-21H,11-12,14-15H2,1-2H3,(H,25,28)/t20-,21-,23-/m1/s1. The molecule has 0 unspecified atom stereocenters. The van der Waals surface area contributed by atoms with Crippen molar-refractivity contribution in [2.75, 3.05) is 26.7 Å². The smallest absolute Gasteiger partial charge is 0.254 e. The molecule has 2 fully saturated rings. The van der Waals surface area contributed by atoms with E-state index in [4.69, 9.17) is 0 Å². The van der Waals surface area contributed by atoms with Crippen molar-refractivity contribution >= 4 is 11.8 Å². The first-order chi connectivity index (χ1) is 13.9. The predicted molar refractivity (Wildman–Crippen MR) is 109 cm³/mol. The van der Waals surface area contributed by atoms with Crippen molar-refractivity contribution in [1.82, 2.24) is 15.1 Å². The normalized spacial score (nSPS) is 26.8. The van der Waals surface area contributed by atoms with Gasteiger partial charge in [0.05, 0.1) is 11.6 Å². The molecule has 2 saturated heterocycles. The Morgan fingerprint density at radius 3 is 2.55 bits per heavy atom. The van der Waals surface area contributed by atoms with Crippen LogP contribution in [0.4, 0.5) is 4.39 Å². The molecule has 2 aliphatic heterocycles. The molecule has 0 saturated carbocycles. The summed E-state index contributed by atoms with van der Waals surface area (Å²) >= 11 is 0. The Hall–Kier alpha value is -2.73. The highest BCUT2D eigenvalue weighted by Gasteiger charge is 2.56. The van der Waals surface area contributed by atoms with Crippen LogP contribution in [0.3, 0.4) is 0 Å². The van der Waals surface area contributed by atoms with Gasteiger partial charge in [0, 0.05) is 31.5 Å². The summed E-state index contributed by atoms with van der Waals surface area (Å²) in [5.74, 6) is -0.653. The number of likely N-dealkylation sites (tertiary alicyclic amines) is 2. The highest BCUT2D eigenvalue weighted by Crippen LogP contribution is 2.47. The van der Waals surface area contributed by atoms with Gasteiger partial charge < -0.3 is 15.1 Å². The van der Waals surface area contributed by atoms with Gasteiger partial charge in [-0.1, -0.05) is 36.4 Å². The van der Waals surface area contributed by atoms with Crippen LogP contribution in [0, 0.1) is 11.7 Å². The first kappa shape index (κ1) is 19.6. The number of amides is 2. The van der Waals surface area contributed by atoms with Crippen molar-refractivity contribution in [3.8, 4) is 0 Å². The summed E-state index contributed by atoms with van der Waals surface area (Å²) in [5.41, 5.74) is 0.845. The maximum Gasteiger partial charge on any atom is 0.254 e. The van der Waals surface area contributed by atoms with Crippen molar-refractivity contribution in [1.29, 1.82) is 0 Å². The molecule has 0 bridgehead atoms. The molecule has 2 heterocycles. The lowest BCUT2D eigenvalue weighted by Crippen LogP contribution is -2.63. The molecule has 2 aromatic carbocycles. The number of likely N-dealkylation sites (N-methyl/N-ethyl adjacent to an activating group) is 1. The fraction of sp³-hybridized carbons (Fsp3) is 0.391. The van der Waals surface area contributed by atoms with E-state index in [0.717, 1.165) is 18.5 Å². The Morgan fingerprint density at radius 1 is 1.10 bits per heavy atom. The molecule has 3 atom stereocenters. The van der Waals surface area contributed by atoms with Gasteiger partial charge in [-0.2, -0.15) is 0 Å². The number of benzene rings is 2. The molecule has 2 aliphatic rings. The van der Waals surface area contributed by atoms with Gasteiger partial charge in [-0.05, 0) is 43.8 Å². The number of carbonyl (C=O) groups is 2. The van der Waals surface area contributed by atoms with Gasteiger partial charge in [0.15, 0.2) is 0 Å². The van der Waals surface area contributed by atoms with Gasteiger partial charge in [-0.25, -0.2) is 4.39 Å². The number of halogens is 1. The van der Waals surface area contributed by atoms with Gasteiger partial charge >= 0.3 is 0 Å². The molecule has 0 aliphatic carbocycles. The lowest BCUT2D eigenvalue weighted by Gasteiger charge is -2.44. The Balaban J connectivity index is 1.79. The summed E-state index contributed by atoms with van der Waals surface area (Å²) < 4.78 is 13.8. The van der Waals surface area contributed by atoms with E-state index in [2.05, 4.69) is 10.2 Å². The molecule has 1 N–H and O–H groups in total. The summed E-state index contributed by atoms with van der Waals surface area (Å²) in [7, 11) is 2.04. The minimum Gasteiger partial charge on any atom is -0.347 e. The highest BCUT2D eigenvalue weighted by atomic mass is 19.1. The van der Waals surface area contributed by atoms with E-state index in [1.807, 2.05) is 42.3 Å². The number of piperidine rings is 1. The third-order valence-electron chi connectivity index (χ3n) is 6.15. The largest absolute Gasteiger partial charge is 0.347 e. The van der Waals surface area contributed by atoms with Crippen LogP contribution in [-0.2, 0) is 4.79 Å². The Kier molecular flexibility index (Phi) is 5.13. The lowest BCUT2D eigenvalue weighted by atomic mass is 9.76. The van der Waals surface area contributed by atoms with E-state index < -0.39 is 11.4 Å². The SMILES string of the molecule is CC(=O)N[C@@]12CN(C)CC[C@@H]1[C@@H](c1ccccc1)N(C(=O)c1cccc(F)c1)C2. The molecular formula is C23H26FN3O2.